The average molecular weight is 388 g/mol. The number of likely N-dealkylation sites (tertiary alicyclic amines) is 2. The van der Waals surface area contributed by atoms with Crippen molar-refractivity contribution in [2.45, 2.75) is 57.6 Å². The molecule has 0 spiro atoms. The van der Waals surface area contributed by atoms with E-state index in [4.69, 9.17) is 14.2 Å². The first-order valence-electron chi connectivity index (χ1n) is 10.3. The highest BCUT2D eigenvalue weighted by Crippen LogP contribution is 2.35. The van der Waals surface area contributed by atoms with Crippen LogP contribution in [0.3, 0.4) is 0 Å². The smallest absolute Gasteiger partial charge is 0.263 e. The van der Waals surface area contributed by atoms with Crippen molar-refractivity contribution in [2.75, 3.05) is 26.4 Å². The number of carbonyl (C=O) groups excluding carboxylic acids is 2. The van der Waals surface area contributed by atoms with Gasteiger partial charge in [0.1, 0.15) is 5.75 Å². The summed E-state index contributed by atoms with van der Waals surface area (Å²) < 4.78 is 16.6. The monoisotopic (exact) mass is 388 g/mol. The Morgan fingerprint density at radius 1 is 1.21 bits per heavy atom. The molecule has 0 radical (unpaired) electrons. The van der Waals surface area contributed by atoms with Crippen LogP contribution in [0.5, 0.6) is 17.2 Å². The Balaban J connectivity index is 1.36. The van der Waals surface area contributed by atoms with Gasteiger partial charge >= 0.3 is 0 Å². The Bertz CT molecular complexity index is 738. The molecule has 2 atom stereocenters. The second kappa shape index (κ2) is 8.29. The molecule has 1 aromatic rings. The van der Waals surface area contributed by atoms with Crippen LogP contribution < -0.4 is 14.2 Å². The van der Waals surface area contributed by atoms with E-state index in [9.17, 15) is 9.59 Å². The maximum absolute atomic E-state index is 13.1. The zero-order chi connectivity index (χ0) is 19.5. The molecule has 2 fully saturated rings. The van der Waals surface area contributed by atoms with E-state index in [1.807, 2.05) is 9.80 Å². The van der Waals surface area contributed by atoms with Crippen LogP contribution >= 0.6 is 0 Å². The van der Waals surface area contributed by atoms with Crippen molar-refractivity contribution >= 4 is 11.8 Å². The fourth-order valence-corrected chi connectivity index (χ4v) is 4.27. The van der Waals surface area contributed by atoms with Crippen LogP contribution in [0.15, 0.2) is 18.2 Å². The van der Waals surface area contributed by atoms with Gasteiger partial charge in [-0.2, -0.15) is 0 Å². The molecule has 0 saturated carbocycles. The Morgan fingerprint density at radius 3 is 2.89 bits per heavy atom. The van der Waals surface area contributed by atoms with Gasteiger partial charge < -0.3 is 24.0 Å². The zero-order valence-corrected chi connectivity index (χ0v) is 16.4. The van der Waals surface area contributed by atoms with Gasteiger partial charge in [0.25, 0.3) is 5.91 Å². The summed E-state index contributed by atoms with van der Waals surface area (Å²) in [6.45, 7) is 4.35. The second-order valence-corrected chi connectivity index (χ2v) is 7.73. The summed E-state index contributed by atoms with van der Waals surface area (Å²) in [5.41, 5.74) is 0. The number of carbonyl (C=O) groups is 2. The first-order chi connectivity index (χ1) is 13.6. The predicted molar refractivity (Wildman–Crippen MR) is 102 cm³/mol. The summed E-state index contributed by atoms with van der Waals surface area (Å²) in [7, 11) is 0. The Morgan fingerprint density at radius 2 is 2.07 bits per heavy atom. The number of hydrogen-bond donors (Lipinski definition) is 0. The van der Waals surface area contributed by atoms with Crippen LogP contribution in [0.25, 0.3) is 0 Å². The van der Waals surface area contributed by atoms with Crippen LogP contribution in [-0.4, -0.2) is 60.2 Å². The number of benzene rings is 1. The van der Waals surface area contributed by atoms with Crippen molar-refractivity contribution in [2.24, 2.45) is 0 Å². The maximum Gasteiger partial charge on any atom is 0.263 e. The fourth-order valence-electron chi connectivity index (χ4n) is 4.27. The van der Waals surface area contributed by atoms with Crippen molar-refractivity contribution in [1.82, 2.24) is 9.80 Å². The molecule has 152 valence electrons. The minimum Gasteiger partial charge on any atom is -0.481 e. The van der Waals surface area contributed by atoms with Crippen LogP contribution in [0.1, 0.15) is 45.4 Å². The molecule has 1 aromatic carbocycles. The lowest BCUT2D eigenvalue weighted by atomic mass is 9.98. The molecule has 0 aliphatic carbocycles. The van der Waals surface area contributed by atoms with Crippen LogP contribution in [0.4, 0.5) is 0 Å². The molecular weight excluding hydrogens is 360 g/mol. The van der Waals surface area contributed by atoms with E-state index < -0.39 is 6.10 Å². The normalized spacial score (nSPS) is 22.5. The standard InChI is InChI=1S/C21H28N2O5/c1-15(28-17-7-8-18-19(13-17)27-14-26-18)21(25)23-11-3-2-5-16(23)9-12-22-10-4-6-20(22)24/h7-8,13,15-16H,2-6,9-12,14H2,1H3/t15-,16-/m0/s1. The molecule has 3 aliphatic heterocycles. The van der Waals surface area contributed by atoms with Gasteiger partial charge in [0.05, 0.1) is 0 Å². The summed E-state index contributed by atoms with van der Waals surface area (Å²) in [5.74, 6) is 2.19. The third-order valence-corrected chi connectivity index (χ3v) is 5.82. The quantitative estimate of drug-likeness (QED) is 0.749. The molecule has 3 aliphatic rings. The van der Waals surface area contributed by atoms with Gasteiger partial charge in [0.15, 0.2) is 17.6 Å². The van der Waals surface area contributed by atoms with Crippen molar-refractivity contribution in [1.29, 1.82) is 0 Å². The first kappa shape index (κ1) is 18.9. The van der Waals surface area contributed by atoms with Crippen LogP contribution in [-0.2, 0) is 9.59 Å². The summed E-state index contributed by atoms with van der Waals surface area (Å²) in [6.07, 6.45) is 5.01. The van der Waals surface area contributed by atoms with Crippen molar-refractivity contribution in [3.05, 3.63) is 18.2 Å². The summed E-state index contributed by atoms with van der Waals surface area (Å²) in [5, 5.41) is 0. The highest BCUT2D eigenvalue weighted by molar-refractivity contribution is 5.81. The molecule has 4 rings (SSSR count). The second-order valence-electron chi connectivity index (χ2n) is 7.73. The number of rotatable bonds is 6. The van der Waals surface area contributed by atoms with E-state index in [1.54, 1.807) is 25.1 Å². The van der Waals surface area contributed by atoms with Gasteiger partial charge in [0.2, 0.25) is 12.7 Å². The molecule has 0 N–H and O–H groups in total. The molecule has 0 aromatic heterocycles. The zero-order valence-electron chi connectivity index (χ0n) is 16.4. The topological polar surface area (TPSA) is 68.3 Å². The number of piperidine rings is 1. The Kier molecular flexibility index (Phi) is 5.59. The lowest BCUT2D eigenvalue weighted by Crippen LogP contribution is -2.49. The number of ether oxygens (including phenoxy) is 3. The van der Waals surface area contributed by atoms with E-state index in [-0.39, 0.29) is 24.6 Å². The predicted octanol–water partition coefficient (Wildman–Crippen LogP) is 2.58. The fraction of sp³-hybridized carbons (Fsp3) is 0.619. The lowest BCUT2D eigenvalue weighted by Gasteiger charge is -2.38. The third-order valence-electron chi connectivity index (χ3n) is 5.82. The summed E-state index contributed by atoms with van der Waals surface area (Å²) in [4.78, 5) is 28.8. The molecule has 28 heavy (non-hydrogen) atoms. The molecule has 0 unspecified atom stereocenters. The number of nitrogens with zero attached hydrogens (tertiary/aromatic N) is 2. The van der Waals surface area contributed by atoms with E-state index in [2.05, 4.69) is 0 Å². The van der Waals surface area contributed by atoms with E-state index in [0.29, 0.717) is 23.7 Å². The lowest BCUT2D eigenvalue weighted by molar-refractivity contribution is -0.142. The van der Waals surface area contributed by atoms with Gasteiger partial charge in [-0.1, -0.05) is 0 Å². The Labute approximate surface area is 165 Å². The van der Waals surface area contributed by atoms with Gasteiger partial charge in [-0.25, -0.2) is 0 Å². The van der Waals surface area contributed by atoms with Crippen LogP contribution in [0.2, 0.25) is 0 Å². The van der Waals surface area contributed by atoms with E-state index in [0.717, 1.165) is 51.7 Å². The van der Waals surface area contributed by atoms with E-state index >= 15 is 0 Å². The number of amides is 2. The third kappa shape index (κ3) is 4.03. The van der Waals surface area contributed by atoms with Gasteiger partial charge in [-0.05, 0) is 51.2 Å². The molecule has 0 bridgehead atoms. The SMILES string of the molecule is C[C@H](Oc1ccc2c(c1)OCO2)C(=O)N1CCCC[C@H]1CCN1CCCC1=O. The van der Waals surface area contributed by atoms with Crippen molar-refractivity contribution in [3.8, 4) is 17.2 Å². The van der Waals surface area contributed by atoms with Crippen LogP contribution in [0, 0.1) is 0 Å². The minimum atomic E-state index is -0.575. The maximum atomic E-state index is 13.1. The molecule has 7 heteroatoms. The minimum absolute atomic E-state index is 0.00937. The number of fused-ring (bicyclic) bond motifs is 1. The van der Waals surface area contributed by atoms with Gasteiger partial charge in [-0.3, -0.25) is 9.59 Å². The molecule has 3 heterocycles. The average Bonchev–Trinajstić information content (AvgIpc) is 3.34. The highest BCUT2D eigenvalue weighted by atomic mass is 16.7. The van der Waals surface area contributed by atoms with Crippen molar-refractivity contribution < 1.29 is 23.8 Å². The Hall–Kier alpha value is -2.44. The van der Waals surface area contributed by atoms with E-state index in [1.165, 1.54) is 0 Å². The summed E-state index contributed by atoms with van der Waals surface area (Å²) in [6, 6.07) is 5.53. The van der Waals surface area contributed by atoms with Crippen molar-refractivity contribution in [3.63, 3.8) is 0 Å². The highest BCUT2D eigenvalue weighted by Gasteiger charge is 2.32. The molecule has 2 amide bonds. The van der Waals surface area contributed by atoms with Gasteiger partial charge in [-0.15, -0.1) is 0 Å². The first-order valence-corrected chi connectivity index (χ1v) is 10.3. The largest absolute Gasteiger partial charge is 0.481 e. The number of hydrogen-bond acceptors (Lipinski definition) is 5. The molecule has 2 saturated heterocycles. The molecule has 7 nitrogen and oxygen atoms in total. The summed E-state index contributed by atoms with van der Waals surface area (Å²) >= 11 is 0. The van der Waals surface area contributed by atoms with Gasteiger partial charge in [0, 0.05) is 38.2 Å². The molecular formula is C21H28N2O5.